The number of aliphatic hydroxyl groups excluding tert-OH is 1. The zero-order valence-electron chi connectivity index (χ0n) is 18.5. The molecule has 0 atom stereocenters. The number of methoxy groups -OCH3 is 1. The molecular formula is C22H31N7O2. The van der Waals surface area contributed by atoms with Crippen molar-refractivity contribution in [2.24, 2.45) is 5.73 Å². The van der Waals surface area contributed by atoms with E-state index in [4.69, 9.17) is 15.5 Å². The van der Waals surface area contributed by atoms with Gasteiger partial charge in [0.1, 0.15) is 17.9 Å². The maximum absolute atomic E-state index is 9.65. The van der Waals surface area contributed by atoms with Crippen molar-refractivity contribution in [3.8, 4) is 0 Å². The van der Waals surface area contributed by atoms with Gasteiger partial charge in [0.25, 0.3) is 0 Å². The minimum Gasteiger partial charge on any atom is -0.388 e. The Morgan fingerprint density at radius 3 is 2.61 bits per heavy atom. The van der Waals surface area contributed by atoms with E-state index in [2.05, 4.69) is 38.3 Å². The molecule has 0 unspecified atom stereocenters. The monoisotopic (exact) mass is 425 g/mol. The van der Waals surface area contributed by atoms with Crippen LogP contribution in [0.4, 0.5) is 5.95 Å². The maximum Gasteiger partial charge on any atom is 0.225 e. The molecule has 1 fully saturated rings. The molecule has 166 valence electrons. The Hall–Kier alpha value is -2.62. The number of piperidine rings is 1. The van der Waals surface area contributed by atoms with Crippen LogP contribution in [0.5, 0.6) is 0 Å². The summed E-state index contributed by atoms with van der Waals surface area (Å²) in [6.07, 6.45) is 5.89. The first-order valence-electron chi connectivity index (χ1n) is 10.8. The van der Waals surface area contributed by atoms with E-state index in [1.165, 1.54) is 0 Å². The van der Waals surface area contributed by atoms with Crippen LogP contribution in [0, 0.1) is 0 Å². The zero-order chi connectivity index (χ0) is 22.0. The van der Waals surface area contributed by atoms with Crippen LogP contribution in [-0.2, 0) is 17.8 Å². The molecule has 1 aliphatic rings. The van der Waals surface area contributed by atoms with Crippen molar-refractivity contribution in [2.45, 2.75) is 51.4 Å². The second-order valence-corrected chi connectivity index (χ2v) is 8.42. The molecule has 9 nitrogen and oxygen atoms in total. The average molecular weight is 426 g/mol. The Kier molecular flexibility index (Phi) is 6.17. The quantitative estimate of drug-likeness (QED) is 0.589. The van der Waals surface area contributed by atoms with Gasteiger partial charge in [-0.25, -0.2) is 15.0 Å². The SMILES string of the molecule is COC1(CN)CCN(c2nccc(Cc3cc4c(cn3)nc(CO)n4C(C)C)n2)CC1. The first kappa shape index (κ1) is 21.6. The van der Waals surface area contributed by atoms with Gasteiger partial charge < -0.3 is 25.0 Å². The summed E-state index contributed by atoms with van der Waals surface area (Å²) in [7, 11) is 1.73. The summed E-state index contributed by atoms with van der Waals surface area (Å²) in [5, 5.41) is 9.65. The smallest absolute Gasteiger partial charge is 0.225 e. The van der Waals surface area contributed by atoms with Crippen LogP contribution >= 0.6 is 0 Å². The summed E-state index contributed by atoms with van der Waals surface area (Å²) in [5.74, 6) is 1.39. The van der Waals surface area contributed by atoms with Gasteiger partial charge in [-0.2, -0.15) is 0 Å². The van der Waals surface area contributed by atoms with Gasteiger partial charge in [0.15, 0.2) is 0 Å². The number of nitrogens with two attached hydrogens (primary N) is 1. The second-order valence-electron chi connectivity index (χ2n) is 8.42. The number of rotatable bonds is 7. The van der Waals surface area contributed by atoms with E-state index < -0.39 is 0 Å². The molecule has 0 saturated carbocycles. The molecule has 0 bridgehead atoms. The standard InChI is InChI=1S/C22H31N7O2/c1-15(2)29-19-11-17(25-12-18(19)27-20(29)13-30)10-16-4-7-24-21(26-16)28-8-5-22(14-23,31-3)6-9-28/h4,7,11-12,15,30H,5-6,8-10,13-14,23H2,1-3H3. The number of fused-ring (bicyclic) bond motifs is 1. The van der Waals surface area contributed by atoms with Crippen molar-refractivity contribution in [2.75, 3.05) is 31.6 Å². The molecule has 4 heterocycles. The van der Waals surface area contributed by atoms with Crippen LogP contribution in [0.15, 0.2) is 24.5 Å². The number of aromatic nitrogens is 5. The molecule has 3 aromatic heterocycles. The lowest BCUT2D eigenvalue weighted by Crippen LogP contribution is -2.50. The molecule has 0 amide bonds. The van der Waals surface area contributed by atoms with Gasteiger partial charge in [-0.3, -0.25) is 4.98 Å². The van der Waals surface area contributed by atoms with E-state index in [0.29, 0.717) is 18.8 Å². The number of imidazole rings is 1. The number of anilines is 1. The predicted octanol–water partition coefficient (Wildman–Crippen LogP) is 1.83. The topological polar surface area (TPSA) is 115 Å². The lowest BCUT2D eigenvalue weighted by molar-refractivity contribution is -0.0217. The predicted molar refractivity (Wildman–Crippen MR) is 119 cm³/mol. The Balaban J connectivity index is 1.54. The van der Waals surface area contributed by atoms with Crippen LogP contribution in [0.3, 0.4) is 0 Å². The van der Waals surface area contributed by atoms with E-state index in [1.54, 1.807) is 19.5 Å². The molecule has 0 aromatic carbocycles. The van der Waals surface area contributed by atoms with Gasteiger partial charge in [0.2, 0.25) is 5.95 Å². The lowest BCUT2D eigenvalue weighted by Gasteiger charge is -2.40. The molecule has 3 N–H and O–H groups in total. The van der Waals surface area contributed by atoms with Crippen LogP contribution in [0.1, 0.15) is 49.9 Å². The van der Waals surface area contributed by atoms with Crippen LogP contribution in [-0.4, -0.2) is 62.0 Å². The first-order chi connectivity index (χ1) is 15.0. The summed E-state index contributed by atoms with van der Waals surface area (Å²) in [5.41, 5.74) is 9.27. The maximum atomic E-state index is 9.65. The van der Waals surface area contributed by atoms with Crippen LogP contribution in [0.25, 0.3) is 11.0 Å². The number of nitrogens with zero attached hydrogens (tertiary/aromatic N) is 6. The highest BCUT2D eigenvalue weighted by atomic mass is 16.5. The number of ether oxygens (including phenoxy) is 1. The fourth-order valence-electron chi connectivity index (χ4n) is 4.30. The highest BCUT2D eigenvalue weighted by Gasteiger charge is 2.34. The molecule has 0 spiro atoms. The summed E-state index contributed by atoms with van der Waals surface area (Å²) in [6, 6.07) is 4.16. The van der Waals surface area contributed by atoms with E-state index >= 15 is 0 Å². The first-order valence-corrected chi connectivity index (χ1v) is 10.8. The van der Waals surface area contributed by atoms with Gasteiger partial charge in [-0.05, 0) is 38.8 Å². The summed E-state index contributed by atoms with van der Waals surface area (Å²) in [4.78, 5) is 20.5. The Morgan fingerprint density at radius 1 is 1.19 bits per heavy atom. The molecule has 9 heteroatoms. The highest BCUT2D eigenvalue weighted by Crippen LogP contribution is 2.27. The molecule has 0 aliphatic carbocycles. The second kappa shape index (κ2) is 8.86. The third-order valence-corrected chi connectivity index (χ3v) is 6.19. The molecule has 1 aliphatic heterocycles. The van der Waals surface area contributed by atoms with Crippen molar-refractivity contribution in [1.29, 1.82) is 0 Å². The van der Waals surface area contributed by atoms with Gasteiger partial charge in [0, 0.05) is 51.1 Å². The molecule has 0 radical (unpaired) electrons. The van der Waals surface area contributed by atoms with Gasteiger partial charge in [0.05, 0.1) is 23.0 Å². The molecule has 4 rings (SSSR count). The van der Waals surface area contributed by atoms with Crippen molar-refractivity contribution in [1.82, 2.24) is 24.5 Å². The van der Waals surface area contributed by atoms with Crippen LogP contribution in [0.2, 0.25) is 0 Å². The molecular weight excluding hydrogens is 394 g/mol. The third-order valence-electron chi connectivity index (χ3n) is 6.19. The van der Waals surface area contributed by atoms with Crippen molar-refractivity contribution < 1.29 is 9.84 Å². The molecule has 31 heavy (non-hydrogen) atoms. The average Bonchev–Trinajstić information content (AvgIpc) is 3.17. The Bertz CT molecular complexity index is 1040. The minimum absolute atomic E-state index is 0.0954. The minimum atomic E-state index is -0.236. The summed E-state index contributed by atoms with van der Waals surface area (Å²) >= 11 is 0. The normalized spacial score (nSPS) is 16.4. The van der Waals surface area contributed by atoms with E-state index in [9.17, 15) is 5.11 Å². The van der Waals surface area contributed by atoms with Crippen LogP contribution < -0.4 is 10.6 Å². The van der Waals surface area contributed by atoms with E-state index in [-0.39, 0.29) is 18.2 Å². The Morgan fingerprint density at radius 2 is 1.97 bits per heavy atom. The van der Waals surface area contributed by atoms with Gasteiger partial charge in [-0.1, -0.05) is 0 Å². The third kappa shape index (κ3) is 4.26. The van der Waals surface area contributed by atoms with E-state index in [0.717, 1.165) is 54.3 Å². The molecule has 3 aromatic rings. The number of hydrogen-bond donors (Lipinski definition) is 2. The van der Waals surface area contributed by atoms with E-state index in [1.807, 2.05) is 12.1 Å². The number of aliphatic hydroxyl groups is 1. The van der Waals surface area contributed by atoms with Crippen molar-refractivity contribution in [3.63, 3.8) is 0 Å². The largest absolute Gasteiger partial charge is 0.388 e. The van der Waals surface area contributed by atoms with Crippen molar-refractivity contribution >= 4 is 17.0 Å². The molecule has 1 saturated heterocycles. The fraction of sp³-hybridized carbons (Fsp3) is 0.545. The fourth-order valence-corrected chi connectivity index (χ4v) is 4.30. The lowest BCUT2D eigenvalue weighted by atomic mass is 9.91. The number of pyridine rings is 1. The van der Waals surface area contributed by atoms with Gasteiger partial charge in [-0.15, -0.1) is 0 Å². The van der Waals surface area contributed by atoms with Gasteiger partial charge >= 0.3 is 0 Å². The Labute approximate surface area is 182 Å². The highest BCUT2D eigenvalue weighted by molar-refractivity contribution is 5.75. The van der Waals surface area contributed by atoms with Crippen molar-refractivity contribution in [3.05, 3.63) is 41.7 Å². The number of hydrogen-bond acceptors (Lipinski definition) is 8. The zero-order valence-corrected chi connectivity index (χ0v) is 18.5. The summed E-state index contributed by atoms with van der Waals surface area (Å²) in [6.45, 7) is 6.23. The summed E-state index contributed by atoms with van der Waals surface area (Å²) < 4.78 is 7.72.